The Morgan fingerprint density at radius 3 is 2.90 bits per heavy atom. The minimum absolute atomic E-state index is 0.687. The Morgan fingerprint density at radius 1 is 1.35 bits per heavy atom. The van der Waals surface area contributed by atoms with Gasteiger partial charge >= 0.3 is 0 Å². The number of rotatable bonds is 6. The lowest BCUT2D eigenvalue weighted by Crippen LogP contribution is -2.09. The van der Waals surface area contributed by atoms with Gasteiger partial charge < -0.3 is 5.32 Å². The van der Waals surface area contributed by atoms with Crippen LogP contribution >= 0.6 is 0 Å². The van der Waals surface area contributed by atoms with Gasteiger partial charge in [-0.25, -0.2) is 9.67 Å². The van der Waals surface area contributed by atoms with E-state index >= 15 is 0 Å². The van der Waals surface area contributed by atoms with Crippen LogP contribution in [0.2, 0.25) is 0 Å². The van der Waals surface area contributed by atoms with E-state index in [9.17, 15) is 0 Å². The summed E-state index contributed by atoms with van der Waals surface area (Å²) in [5.74, 6) is 1.62. The highest BCUT2D eigenvalue weighted by molar-refractivity contribution is 5.31. The average molecular weight is 270 g/mol. The molecule has 106 valence electrons. The highest BCUT2D eigenvalue weighted by atomic mass is 15.3. The smallest absolute Gasteiger partial charge is 0.153 e. The Morgan fingerprint density at radius 2 is 2.20 bits per heavy atom. The van der Waals surface area contributed by atoms with Crippen molar-refractivity contribution < 1.29 is 0 Å². The van der Waals surface area contributed by atoms with Crippen molar-refractivity contribution in [3.63, 3.8) is 0 Å². The maximum atomic E-state index is 4.74. The second kappa shape index (κ2) is 5.75. The van der Waals surface area contributed by atoms with Crippen molar-refractivity contribution in [3.05, 3.63) is 41.3 Å². The van der Waals surface area contributed by atoms with Crippen LogP contribution in [0.1, 0.15) is 49.1 Å². The summed E-state index contributed by atoms with van der Waals surface area (Å²) in [5, 5.41) is 7.89. The number of hydrogen-bond acceptors (Lipinski definition) is 3. The molecule has 1 N–H and O–H groups in total. The third kappa shape index (κ3) is 2.90. The van der Waals surface area contributed by atoms with E-state index in [1.165, 1.54) is 24.1 Å². The monoisotopic (exact) mass is 270 g/mol. The molecule has 3 rings (SSSR count). The Bertz CT molecular complexity index is 560. The zero-order valence-corrected chi connectivity index (χ0v) is 12.3. The number of hydrogen-bond donors (Lipinski definition) is 1. The molecule has 0 atom stereocenters. The summed E-state index contributed by atoms with van der Waals surface area (Å²) in [4.78, 5) is 4.74. The van der Waals surface area contributed by atoms with Gasteiger partial charge in [-0.3, -0.25) is 0 Å². The van der Waals surface area contributed by atoms with Crippen LogP contribution in [0.3, 0.4) is 0 Å². The van der Waals surface area contributed by atoms with Crippen LogP contribution in [0.15, 0.2) is 24.4 Å². The van der Waals surface area contributed by atoms with E-state index in [2.05, 4.69) is 35.5 Å². The highest BCUT2D eigenvalue weighted by Gasteiger charge is 2.26. The van der Waals surface area contributed by atoms with Gasteiger partial charge in [-0.2, -0.15) is 5.10 Å². The molecule has 0 spiro atoms. The zero-order valence-electron chi connectivity index (χ0n) is 12.3. The molecule has 4 nitrogen and oxygen atoms in total. The number of nitrogens with zero attached hydrogens (tertiary/aromatic N) is 3. The summed E-state index contributed by atoms with van der Waals surface area (Å²) in [6.07, 6.45) is 6.73. The quantitative estimate of drug-likeness (QED) is 0.877. The molecular formula is C16H22N4. The predicted molar refractivity (Wildman–Crippen MR) is 80.1 cm³/mol. The van der Waals surface area contributed by atoms with Crippen LogP contribution in [-0.4, -0.2) is 21.8 Å². The first-order valence-electron chi connectivity index (χ1n) is 7.50. The largest absolute Gasteiger partial charge is 0.316 e. The molecule has 1 fully saturated rings. The minimum atomic E-state index is 0.687. The first-order valence-corrected chi connectivity index (χ1v) is 7.50. The van der Waals surface area contributed by atoms with Crippen molar-refractivity contribution in [1.82, 2.24) is 20.1 Å². The maximum Gasteiger partial charge on any atom is 0.153 e. The lowest BCUT2D eigenvalue weighted by atomic mass is 10.1. The first kappa shape index (κ1) is 13.3. The summed E-state index contributed by atoms with van der Waals surface area (Å²) in [6, 6.07) is 6.44. The molecule has 2 heterocycles. The van der Waals surface area contributed by atoms with E-state index in [1.54, 1.807) is 0 Å². The van der Waals surface area contributed by atoms with E-state index in [4.69, 9.17) is 4.98 Å². The molecule has 0 unspecified atom stereocenters. The molecule has 4 heteroatoms. The van der Waals surface area contributed by atoms with Crippen molar-refractivity contribution in [1.29, 1.82) is 0 Å². The number of pyridine rings is 1. The molecule has 0 saturated heterocycles. The Hall–Kier alpha value is -1.68. The van der Waals surface area contributed by atoms with Crippen molar-refractivity contribution in [2.75, 3.05) is 7.05 Å². The van der Waals surface area contributed by atoms with Crippen LogP contribution in [0, 0.1) is 0 Å². The highest BCUT2D eigenvalue weighted by Crippen LogP contribution is 2.38. The zero-order chi connectivity index (χ0) is 13.9. The summed E-state index contributed by atoms with van der Waals surface area (Å²) in [5.41, 5.74) is 3.63. The van der Waals surface area contributed by atoms with Gasteiger partial charge in [-0.05, 0) is 50.1 Å². The molecule has 1 aliphatic carbocycles. The van der Waals surface area contributed by atoms with E-state index in [1.807, 2.05) is 17.9 Å². The van der Waals surface area contributed by atoms with Gasteiger partial charge in [-0.15, -0.1) is 0 Å². The van der Waals surface area contributed by atoms with E-state index in [0.717, 1.165) is 30.9 Å². The molecule has 0 radical (unpaired) electrons. The van der Waals surface area contributed by atoms with E-state index < -0.39 is 0 Å². The van der Waals surface area contributed by atoms with Gasteiger partial charge in [0, 0.05) is 24.4 Å². The predicted octanol–water partition coefficient (Wildman–Crippen LogP) is 2.82. The summed E-state index contributed by atoms with van der Waals surface area (Å²) >= 11 is 0. The van der Waals surface area contributed by atoms with E-state index in [-0.39, 0.29) is 0 Å². The minimum Gasteiger partial charge on any atom is -0.316 e. The molecule has 0 aromatic carbocycles. The summed E-state index contributed by atoms with van der Waals surface area (Å²) in [7, 11) is 1.97. The third-order valence-electron chi connectivity index (χ3n) is 3.65. The van der Waals surface area contributed by atoms with Crippen LogP contribution in [0.4, 0.5) is 0 Å². The van der Waals surface area contributed by atoms with Crippen LogP contribution in [0.25, 0.3) is 5.82 Å². The molecule has 1 aliphatic rings. The Kier molecular flexibility index (Phi) is 3.83. The fourth-order valence-electron chi connectivity index (χ4n) is 2.50. The van der Waals surface area contributed by atoms with Crippen molar-refractivity contribution >= 4 is 0 Å². The topological polar surface area (TPSA) is 42.7 Å². The van der Waals surface area contributed by atoms with Crippen molar-refractivity contribution in [3.8, 4) is 5.82 Å². The molecule has 1 saturated carbocycles. The van der Waals surface area contributed by atoms with Crippen molar-refractivity contribution in [2.45, 2.75) is 45.1 Å². The standard InChI is InChI=1S/C16H22N4/c1-3-4-14-9-12(11-17-2)10-16(18-14)20-8-7-15(19-20)13-5-6-13/h7-10,13,17H,3-6,11H2,1-2H3. The molecule has 20 heavy (non-hydrogen) atoms. The van der Waals surface area contributed by atoms with Gasteiger partial charge in [-0.1, -0.05) is 13.3 Å². The van der Waals surface area contributed by atoms with Crippen LogP contribution in [-0.2, 0) is 13.0 Å². The fraction of sp³-hybridized carbons (Fsp3) is 0.500. The Balaban J connectivity index is 1.92. The molecule has 0 aliphatic heterocycles. The average Bonchev–Trinajstić information content (AvgIpc) is 3.17. The third-order valence-corrected chi connectivity index (χ3v) is 3.65. The molecule has 2 aromatic rings. The molecule has 0 bridgehead atoms. The normalized spacial score (nSPS) is 14.7. The molecular weight excluding hydrogens is 248 g/mol. The van der Waals surface area contributed by atoms with Gasteiger partial charge in [0.1, 0.15) is 0 Å². The summed E-state index contributed by atoms with van der Waals surface area (Å²) in [6.45, 7) is 3.05. The van der Waals surface area contributed by atoms with Crippen LogP contribution < -0.4 is 5.32 Å². The van der Waals surface area contributed by atoms with Gasteiger partial charge in [0.2, 0.25) is 0 Å². The SMILES string of the molecule is CCCc1cc(CNC)cc(-n2ccc(C3CC3)n2)n1. The summed E-state index contributed by atoms with van der Waals surface area (Å²) < 4.78 is 1.92. The second-order valence-corrected chi connectivity index (χ2v) is 5.56. The number of aromatic nitrogens is 3. The second-order valence-electron chi connectivity index (χ2n) is 5.56. The van der Waals surface area contributed by atoms with Crippen molar-refractivity contribution in [2.24, 2.45) is 0 Å². The van der Waals surface area contributed by atoms with E-state index in [0.29, 0.717) is 5.92 Å². The number of aryl methyl sites for hydroxylation is 1. The van der Waals surface area contributed by atoms with Gasteiger partial charge in [0.15, 0.2) is 5.82 Å². The van der Waals surface area contributed by atoms with Gasteiger partial charge in [0.05, 0.1) is 5.69 Å². The van der Waals surface area contributed by atoms with Crippen LogP contribution in [0.5, 0.6) is 0 Å². The molecule has 0 amide bonds. The maximum absolute atomic E-state index is 4.74. The first-order chi connectivity index (χ1) is 9.80. The number of nitrogens with one attached hydrogen (secondary N) is 1. The lowest BCUT2D eigenvalue weighted by Gasteiger charge is -2.08. The lowest BCUT2D eigenvalue weighted by molar-refractivity contribution is 0.771. The van der Waals surface area contributed by atoms with Gasteiger partial charge in [0.25, 0.3) is 0 Å². The fourth-order valence-corrected chi connectivity index (χ4v) is 2.50. The molecule has 2 aromatic heterocycles. The Labute approximate surface area is 120 Å².